The van der Waals surface area contributed by atoms with Crippen molar-refractivity contribution >= 4 is 45.0 Å². The first-order valence-corrected chi connectivity index (χ1v) is 11.3. The van der Waals surface area contributed by atoms with Gasteiger partial charge < -0.3 is 9.47 Å². The van der Waals surface area contributed by atoms with Crippen LogP contribution < -0.4 is 19.6 Å². The van der Waals surface area contributed by atoms with Gasteiger partial charge in [0.15, 0.2) is 4.96 Å². The van der Waals surface area contributed by atoms with E-state index in [4.69, 9.17) is 21.1 Å². The van der Waals surface area contributed by atoms with E-state index in [9.17, 15) is 4.79 Å². The Hall–Kier alpha value is -3.35. The Labute approximate surface area is 193 Å². The quantitative estimate of drug-likeness (QED) is 0.338. The third-order valence-corrected chi connectivity index (χ3v) is 6.27. The average Bonchev–Trinajstić information content (AvgIpc) is 3.30. The minimum Gasteiger partial charge on any atom is -0.490 e. The molecule has 0 bridgehead atoms. The molecule has 160 valence electrons. The minimum atomic E-state index is -0.0475. The molecular formula is C25H19ClN2O3S. The fraction of sp³-hybridized carbons (Fsp3) is 0.120. The van der Waals surface area contributed by atoms with E-state index in [0.717, 1.165) is 33.7 Å². The van der Waals surface area contributed by atoms with Crippen molar-refractivity contribution in [3.8, 4) is 11.5 Å². The van der Waals surface area contributed by atoms with Gasteiger partial charge in [0.2, 0.25) is 0 Å². The van der Waals surface area contributed by atoms with E-state index in [2.05, 4.69) is 4.98 Å². The van der Waals surface area contributed by atoms with Gasteiger partial charge in [-0.05, 0) is 66.6 Å². The Bertz CT molecular complexity index is 1520. The van der Waals surface area contributed by atoms with Gasteiger partial charge in [0.25, 0.3) is 5.56 Å². The number of benzene rings is 3. The summed E-state index contributed by atoms with van der Waals surface area (Å²) in [5.41, 5.74) is 3.54. The first kappa shape index (κ1) is 20.5. The summed E-state index contributed by atoms with van der Waals surface area (Å²) in [6.07, 6.45) is 1.88. The molecular weight excluding hydrogens is 444 g/mol. The van der Waals surface area contributed by atoms with Gasteiger partial charge in [-0.2, -0.15) is 0 Å². The van der Waals surface area contributed by atoms with Crippen LogP contribution in [0.15, 0.2) is 71.5 Å². The first-order chi connectivity index (χ1) is 15.6. The van der Waals surface area contributed by atoms with Gasteiger partial charge in [0, 0.05) is 5.02 Å². The number of aromatic nitrogens is 2. The number of halogens is 1. The Balaban J connectivity index is 1.26. The van der Waals surface area contributed by atoms with E-state index >= 15 is 0 Å². The van der Waals surface area contributed by atoms with Crippen LogP contribution in [0.1, 0.15) is 11.1 Å². The van der Waals surface area contributed by atoms with Crippen molar-refractivity contribution in [2.75, 3.05) is 13.2 Å². The van der Waals surface area contributed by atoms with E-state index in [-0.39, 0.29) is 5.56 Å². The Morgan fingerprint density at radius 2 is 1.81 bits per heavy atom. The number of imidazole rings is 1. The lowest BCUT2D eigenvalue weighted by Gasteiger charge is -2.10. The third-order valence-electron chi connectivity index (χ3n) is 5.07. The summed E-state index contributed by atoms with van der Waals surface area (Å²) in [6, 6.07) is 20.8. The molecule has 0 aliphatic heterocycles. The van der Waals surface area contributed by atoms with Gasteiger partial charge in [-0.3, -0.25) is 4.79 Å². The molecule has 32 heavy (non-hydrogen) atoms. The zero-order valence-corrected chi connectivity index (χ0v) is 18.8. The molecule has 0 aliphatic rings. The number of hydrogen-bond acceptors (Lipinski definition) is 5. The van der Waals surface area contributed by atoms with Crippen molar-refractivity contribution in [3.63, 3.8) is 0 Å². The molecule has 0 saturated carbocycles. The highest BCUT2D eigenvalue weighted by atomic mass is 35.5. The normalized spacial score (nSPS) is 12.0. The molecule has 2 aromatic heterocycles. The van der Waals surface area contributed by atoms with Crippen LogP contribution in [0.3, 0.4) is 0 Å². The molecule has 5 nitrogen and oxygen atoms in total. The molecule has 0 aliphatic carbocycles. The summed E-state index contributed by atoms with van der Waals surface area (Å²) in [5.74, 6) is 1.54. The summed E-state index contributed by atoms with van der Waals surface area (Å²) in [7, 11) is 0. The van der Waals surface area contributed by atoms with Gasteiger partial charge in [-0.25, -0.2) is 9.38 Å². The van der Waals surface area contributed by atoms with Crippen LogP contribution in [0.25, 0.3) is 22.1 Å². The summed E-state index contributed by atoms with van der Waals surface area (Å²) in [5, 5.41) is 0.692. The van der Waals surface area contributed by atoms with E-state index in [1.165, 1.54) is 11.3 Å². The van der Waals surface area contributed by atoms with Gasteiger partial charge >= 0.3 is 0 Å². The van der Waals surface area contributed by atoms with Crippen molar-refractivity contribution in [1.82, 2.24) is 9.38 Å². The molecule has 0 spiro atoms. The maximum Gasteiger partial charge on any atom is 0.274 e. The maximum atomic E-state index is 12.9. The van der Waals surface area contributed by atoms with Crippen LogP contribution >= 0.6 is 22.9 Å². The molecule has 0 radical (unpaired) electrons. The molecule has 0 fully saturated rings. The van der Waals surface area contributed by atoms with Crippen LogP contribution in [-0.2, 0) is 0 Å². The number of hydrogen-bond donors (Lipinski definition) is 0. The topological polar surface area (TPSA) is 52.8 Å². The fourth-order valence-corrected chi connectivity index (χ4v) is 4.72. The SMILES string of the molecule is Cc1cc(Cl)ccc1OCCOc1ccc(C=c2sc3nc4ccccc4n3c2=O)cc1. The molecule has 0 amide bonds. The summed E-state index contributed by atoms with van der Waals surface area (Å²) in [6.45, 7) is 2.81. The standard InChI is InChI=1S/C25H19ClN2O3S/c1-16-14-18(26)8-11-22(16)31-13-12-30-19-9-6-17(7-10-19)15-23-24(29)28-21-5-3-2-4-20(21)27-25(28)32-23/h2-11,14-15H,12-13H2,1H3. The van der Waals surface area contributed by atoms with Gasteiger partial charge in [0.1, 0.15) is 24.7 Å². The van der Waals surface area contributed by atoms with Crippen molar-refractivity contribution in [3.05, 3.63) is 97.8 Å². The molecule has 2 heterocycles. The molecule has 0 unspecified atom stereocenters. The Kier molecular flexibility index (Phi) is 5.55. The second-order valence-corrected chi connectivity index (χ2v) is 8.76. The van der Waals surface area contributed by atoms with Crippen molar-refractivity contribution < 1.29 is 9.47 Å². The largest absolute Gasteiger partial charge is 0.490 e. The maximum absolute atomic E-state index is 12.9. The van der Waals surface area contributed by atoms with Crippen LogP contribution in [0, 0.1) is 6.92 Å². The predicted molar refractivity (Wildman–Crippen MR) is 129 cm³/mol. The highest BCUT2D eigenvalue weighted by molar-refractivity contribution is 7.15. The van der Waals surface area contributed by atoms with Crippen LogP contribution in [0.5, 0.6) is 11.5 Å². The number of fused-ring (bicyclic) bond motifs is 3. The molecule has 0 saturated heterocycles. The second kappa shape index (κ2) is 8.65. The van der Waals surface area contributed by atoms with Crippen LogP contribution in [-0.4, -0.2) is 22.6 Å². The highest BCUT2D eigenvalue weighted by Gasteiger charge is 2.10. The molecule has 3 aromatic carbocycles. The fourth-order valence-electron chi connectivity index (χ4n) is 3.51. The number of nitrogens with zero attached hydrogens (tertiary/aromatic N) is 2. The summed E-state index contributed by atoms with van der Waals surface area (Å²) < 4.78 is 13.8. The number of rotatable bonds is 6. The molecule has 0 N–H and O–H groups in total. The smallest absolute Gasteiger partial charge is 0.274 e. The number of ether oxygens (including phenoxy) is 2. The van der Waals surface area contributed by atoms with E-state index in [0.29, 0.717) is 27.7 Å². The Morgan fingerprint density at radius 3 is 2.62 bits per heavy atom. The van der Waals surface area contributed by atoms with E-state index in [1.54, 1.807) is 10.5 Å². The van der Waals surface area contributed by atoms with E-state index < -0.39 is 0 Å². The number of thiazole rings is 1. The zero-order chi connectivity index (χ0) is 22.1. The highest BCUT2D eigenvalue weighted by Crippen LogP contribution is 2.22. The summed E-state index contributed by atoms with van der Waals surface area (Å²) in [4.78, 5) is 18.1. The lowest BCUT2D eigenvalue weighted by molar-refractivity contribution is 0.216. The average molecular weight is 463 g/mol. The monoisotopic (exact) mass is 462 g/mol. The van der Waals surface area contributed by atoms with Crippen molar-refractivity contribution in [2.24, 2.45) is 0 Å². The molecule has 7 heteroatoms. The summed E-state index contributed by atoms with van der Waals surface area (Å²) >= 11 is 7.36. The lowest BCUT2D eigenvalue weighted by Crippen LogP contribution is -2.22. The zero-order valence-electron chi connectivity index (χ0n) is 17.2. The van der Waals surface area contributed by atoms with Crippen molar-refractivity contribution in [1.29, 1.82) is 0 Å². The van der Waals surface area contributed by atoms with Crippen LogP contribution in [0.4, 0.5) is 0 Å². The van der Waals surface area contributed by atoms with Gasteiger partial charge in [-0.1, -0.05) is 47.2 Å². The van der Waals surface area contributed by atoms with E-state index in [1.807, 2.05) is 73.7 Å². The predicted octanol–water partition coefficient (Wildman–Crippen LogP) is 4.88. The lowest BCUT2D eigenvalue weighted by atomic mass is 10.2. The molecule has 5 rings (SSSR count). The molecule has 0 atom stereocenters. The minimum absolute atomic E-state index is 0.0475. The number of aryl methyl sites for hydroxylation is 1. The molecule has 5 aromatic rings. The van der Waals surface area contributed by atoms with Gasteiger partial charge in [0.05, 0.1) is 15.6 Å². The van der Waals surface area contributed by atoms with Crippen molar-refractivity contribution in [2.45, 2.75) is 6.92 Å². The van der Waals surface area contributed by atoms with Gasteiger partial charge in [-0.15, -0.1) is 0 Å². The van der Waals surface area contributed by atoms with Crippen LogP contribution in [0.2, 0.25) is 5.02 Å². The Morgan fingerprint density at radius 1 is 1.03 bits per heavy atom. The first-order valence-electron chi connectivity index (χ1n) is 10.1. The number of para-hydroxylation sites is 2. The second-order valence-electron chi connectivity index (χ2n) is 7.31. The third kappa shape index (κ3) is 4.07.